The quantitative estimate of drug-likeness (QED) is 0.194. The third-order valence-electron chi connectivity index (χ3n) is 9.40. The van der Waals surface area contributed by atoms with E-state index in [0.29, 0.717) is 5.95 Å². The van der Waals surface area contributed by atoms with Crippen LogP contribution in [0.5, 0.6) is 0 Å². The smallest absolute Gasteiger partial charge is 0.235 e. The molecule has 4 heteroatoms. The molecule has 3 aromatic heterocycles. The number of thiophene rings is 1. The summed E-state index contributed by atoms with van der Waals surface area (Å²) in [6, 6.07) is 58.3. The van der Waals surface area contributed by atoms with Crippen LogP contribution in [0.3, 0.4) is 0 Å². The van der Waals surface area contributed by atoms with Crippen molar-refractivity contribution in [3.63, 3.8) is 0 Å². The van der Waals surface area contributed by atoms with Crippen molar-refractivity contribution in [1.29, 1.82) is 0 Å². The summed E-state index contributed by atoms with van der Waals surface area (Å²) in [4.78, 5) is 10.7. The molecule has 224 valence electrons. The highest BCUT2D eigenvalue weighted by molar-refractivity contribution is 7.25. The first-order valence-corrected chi connectivity index (χ1v) is 17.0. The van der Waals surface area contributed by atoms with Gasteiger partial charge in [0.05, 0.1) is 22.4 Å². The van der Waals surface area contributed by atoms with Crippen molar-refractivity contribution < 1.29 is 0 Å². The summed E-state index contributed by atoms with van der Waals surface area (Å²) >= 11 is 1.85. The van der Waals surface area contributed by atoms with Crippen LogP contribution in [0, 0.1) is 0 Å². The summed E-state index contributed by atoms with van der Waals surface area (Å²) in [5.74, 6) is 0.653. The minimum absolute atomic E-state index is 0.653. The van der Waals surface area contributed by atoms with Crippen molar-refractivity contribution in [2.24, 2.45) is 0 Å². The van der Waals surface area contributed by atoms with Gasteiger partial charge in [0.25, 0.3) is 0 Å². The number of benzene rings is 7. The molecule has 0 spiro atoms. The zero-order valence-electron chi connectivity index (χ0n) is 25.8. The molecule has 0 aliphatic carbocycles. The molecule has 48 heavy (non-hydrogen) atoms. The van der Waals surface area contributed by atoms with Crippen LogP contribution in [0.15, 0.2) is 164 Å². The van der Waals surface area contributed by atoms with Gasteiger partial charge in [-0.3, -0.25) is 4.57 Å². The average Bonchev–Trinajstić information content (AvgIpc) is 3.70. The van der Waals surface area contributed by atoms with Crippen LogP contribution in [0.4, 0.5) is 0 Å². The fraction of sp³-hybridized carbons (Fsp3) is 0. The van der Waals surface area contributed by atoms with Crippen LogP contribution in [-0.4, -0.2) is 14.5 Å². The Bertz CT molecular complexity index is 2770. The number of nitrogens with zero attached hydrogens (tertiary/aromatic N) is 3. The first-order chi connectivity index (χ1) is 23.8. The standard InChI is InChI=1S/C44H27N3S/c1-3-13-28(14-4-1)37-27-38(29-15-5-2-6-16-29)46-44(45-37)47-39-26-31-18-8-7-17-30(31)25-36(39)34-22-11-21-33(43(34)47)32-20-12-24-41-42(32)35-19-9-10-23-40(35)48-41/h1-27H. The van der Waals surface area contributed by atoms with E-state index in [1.54, 1.807) is 0 Å². The number of para-hydroxylation sites is 1. The Kier molecular flexibility index (Phi) is 6.05. The minimum Gasteiger partial charge on any atom is -0.277 e. The highest BCUT2D eigenvalue weighted by atomic mass is 32.1. The summed E-state index contributed by atoms with van der Waals surface area (Å²) < 4.78 is 4.89. The number of fused-ring (bicyclic) bond motifs is 7. The van der Waals surface area contributed by atoms with Crippen molar-refractivity contribution in [1.82, 2.24) is 14.5 Å². The molecule has 0 amide bonds. The molecule has 3 heterocycles. The number of hydrogen-bond donors (Lipinski definition) is 0. The van der Waals surface area contributed by atoms with Crippen LogP contribution in [0.1, 0.15) is 0 Å². The fourth-order valence-corrected chi connectivity index (χ4v) is 8.36. The van der Waals surface area contributed by atoms with Gasteiger partial charge in [-0.05, 0) is 46.7 Å². The van der Waals surface area contributed by atoms with E-state index in [1.807, 2.05) is 23.5 Å². The van der Waals surface area contributed by atoms with E-state index in [4.69, 9.17) is 9.97 Å². The van der Waals surface area contributed by atoms with Crippen LogP contribution >= 0.6 is 11.3 Å². The Labute approximate surface area is 281 Å². The maximum absolute atomic E-state index is 5.34. The molecular weight excluding hydrogens is 603 g/mol. The largest absolute Gasteiger partial charge is 0.277 e. The Hall–Kier alpha value is -6.10. The molecule has 0 unspecified atom stereocenters. The maximum atomic E-state index is 5.34. The van der Waals surface area contributed by atoms with Crippen molar-refractivity contribution in [3.8, 4) is 39.6 Å². The van der Waals surface area contributed by atoms with Crippen LogP contribution in [0.25, 0.3) is 92.3 Å². The lowest BCUT2D eigenvalue weighted by atomic mass is 9.97. The predicted octanol–water partition coefficient (Wildman–Crippen LogP) is 12.1. The molecule has 0 aliphatic heterocycles. The van der Waals surface area contributed by atoms with Crippen LogP contribution in [-0.2, 0) is 0 Å². The second-order valence-electron chi connectivity index (χ2n) is 12.2. The molecule has 10 aromatic rings. The second kappa shape index (κ2) is 10.7. The zero-order valence-corrected chi connectivity index (χ0v) is 26.7. The van der Waals surface area contributed by atoms with E-state index in [0.717, 1.165) is 39.1 Å². The zero-order chi connectivity index (χ0) is 31.6. The first kappa shape index (κ1) is 27.1. The number of hydrogen-bond acceptors (Lipinski definition) is 3. The van der Waals surface area contributed by atoms with E-state index in [2.05, 4.69) is 156 Å². The molecular formula is C44H27N3S. The fourth-order valence-electron chi connectivity index (χ4n) is 7.22. The summed E-state index contributed by atoms with van der Waals surface area (Å²) in [6.45, 7) is 0. The average molecular weight is 630 g/mol. The Morgan fingerprint density at radius 2 is 1.02 bits per heavy atom. The third kappa shape index (κ3) is 4.20. The molecule has 0 saturated heterocycles. The second-order valence-corrected chi connectivity index (χ2v) is 13.3. The minimum atomic E-state index is 0.653. The van der Waals surface area contributed by atoms with Gasteiger partial charge in [0.1, 0.15) is 0 Å². The molecule has 7 aromatic carbocycles. The summed E-state index contributed by atoms with van der Waals surface area (Å²) in [6.07, 6.45) is 0. The lowest BCUT2D eigenvalue weighted by molar-refractivity contribution is 0.996. The molecule has 0 aliphatic rings. The van der Waals surface area contributed by atoms with Gasteiger partial charge in [-0.1, -0.05) is 133 Å². The molecule has 0 radical (unpaired) electrons. The Morgan fingerprint density at radius 1 is 0.438 bits per heavy atom. The monoisotopic (exact) mass is 629 g/mol. The van der Waals surface area contributed by atoms with Gasteiger partial charge in [-0.15, -0.1) is 11.3 Å². The normalized spacial score (nSPS) is 11.8. The van der Waals surface area contributed by atoms with Gasteiger partial charge in [0.15, 0.2) is 0 Å². The van der Waals surface area contributed by atoms with Gasteiger partial charge in [0, 0.05) is 47.6 Å². The van der Waals surface area contributed by atoms with Crippen molar-refractivity contribution >= 4 is 64.1 Å². The van der Waals surface area contributed by atoms with E-state index >= 15 is 0 Å². The Morgan fingerprint density at radius 3 is 1.77 bits per heavy atom. The van der Waals surface area contributed by atoms with Crippen molar-refractivity contribution in [2.75, 3.05) is 0 Å². The van der Waals surface area contributed by atoms with Crippen molar-refractivity contribution in [3.05, 3.63) is 164 Å². The molecule has 3 nitrogen and oxygen atoms in total. The van der Waals surface area contributed by atoms with E-state index in [-0.39, 0.29) is 0 Å². The Balaban J connectivity index is 1.37. The van der Waals surface area contributed by atoms with Gasteiger partial charge >= 0.3 is 0 Å². The highest BCUT2D eigenvalue weighted by Gasteiger charge is 2.22. The molecule has 0 bridgehead atoms. The van der Waals surface area contributed by atoms with Gasteiger partial charge in [-0.2, -0.15) is 0 Å². The van der Waals surface area contributed by atoms with Gasteiger partial charge < -0.3 is 0 Å². The molecule has 10 rings (SSSR count). The molecule has 0 saturated carbocycles. The lowest BCUT2D eigenvalue weighted by Gasteiger charge is -2.14. The molecule has 0 fully saturated rings. The van der Waals surface area contributed by atoms with Crippen LogP contribution in [0.2, 0.25) is 0 Å². The predicted molar refractivity (Wildman–Crippen MR) is 203 cm³/mol. The summed E-state index contributed by atoms with van der Waals surface area (Å²) in [7, 11) is 0. The number of rotatable bonds is 4. The SMILES string of the molecule is c1ccc(-c2cc(-c3ccccc3)nc(-n3c4cc5ccccc5cc4c4cccc(-c5cccc6sc7ccccc7c56)c43)n2)cc1. The number of aromatic nitrogens is 3. The molecule has 0 N–H and O–H groups in total. The topological polar surface area (TPSA) is 30.7 Å². The highest BCUT2D eigenvalue weighted by Crippen LogP contribution is 2.44. The van der Waals surface area contributed by atoms with E-state index in [1.165, 1.54) is 47.3 Å². The molecule has 0 atom stereocenters. The summed E-state index contributed by atoms with van der Waals surface area (Å²) in [5.41, 5.74) is 8.46. The summed E-state index contributed by atoms with van der Waals surface area (Å²) in [5, 5.41) is 7.33. The van der Waals surface area contributed by atoms with Crippen molar-refractivity contribution in [2.45, 2.75) is 0 Å². The lowest BCUT2D eigenvalue weighted by Crippen LogP contribution is -2.04. The van der Waals surface area contributed by atoms with Crippen LogP contribution < -0.4 is 0 Å². The van der Waals surface area contributed by atoms with Gasteiger partial charge in [0.2, 0.25) is 5.95 Å². The maximum Gasteiger partial charge on any atom is 0.235 e. The van der Waals surface area contributed by atoms with E-state index in [9.17, 15) is 0 Å². The first-order valence-electron chi connectivity index (χ1n) is 16.2. The third-order valence-corrected chi connectivity index (χ3v) is 10.5. The van der Waals surface area contributed by atoms with Gasteiger partial charge in [-0.25, -0.2) is 9.97 Å². The van der Waals surface area contributed by atoms with E-state index < -0.39 is 0 Å².